The van der Waals surface area contributed by atoms with Crippen molar-refractivity contribution < 1.29 is 9.47 Å². The maximum Gasteiger partial charge on any atom is 0.122 e. The van der Waals surface area contributed by atoms with Crippen molar-refractivity contribution in [2.45, 2.75) is 26.2 Å². The Balaban J connectivity index is 2.44. The van der Waals surface area contributed by atoms with Gasteiger partial charge in [-0.25, -0.2) is 0 Å². The summed E-state index contributed by atoms with van der Waals surface area (Å²) < 4.78 is 10.7. The summed E-state index contributed by atoms with van der Waals surface area (Å²) in [4.78, 5) is 0. The maximum absolute atomic E-state index is 5.71. The largest absolute Gasteiger partial charge is 0.493 e. The molecule has 0 fully saturated rings. The first-order valence-corrected chi connectivity index (χ1v) is 5.58. The van der Waals surface area contributed by atoms with Gasteiger partial charge in [-0.1, -0.05) is 31.5 Å². The van der Waals surface area contributed by atoms with Gasteiger partial charge < -0.3 is 9.47 Å². The molecule has 0 radical (unpaired) electrons. The molecule has 84 valence electrons. The Labute approximate surface area is 92.2 Å². The highest BCUT2D eigenvalue weighted by molar-refractivity contribution is 5.33. The summed E-state index contributed by atoms with van der Waals surface area (Å²) in [6.07, 6.45) is 3.18. The van der Waals surface area contributed by atoms with Crippen molar-refractivity contribution in [1.29, 1.82) is 0 Å². The summed E-state index contributed by atoms with van der Waals surface area (Å²) in [5.74, 6) is 1.02. The highest BCUT2D eigenvalue weighted by atomic mass is 16.5. The zero-order valence-corrected chi connectivity index (χ0v) is 9.66. The van der Waals surface area contributed by atoms with Gasteiger partial charge in [0.25, 0.3) is 0 Å². The molecule has 1 aromatic carbocycles. The molecule has 0 aliphatic rings. The smallest absolute Gasteiger partial charge is 0.122 e. The van der Waals surface area contributed by atoms with Crippen LogP contribution in [0.3, 0.4) is 0 Å². The van der Waals surface area contributed by atoms with E-state index in [1.807, 2.05) is 12.1 Å². The summed E-state index contributed by atoms with van der Waals surface area (Å²) in [5.41, 5.74) is 1.30. The van der Waals surface area contributed by atoms with Gasteiger partial charge in [0.2, 0.25) is 0 Å². The zero-order valence-electron chi connectivity index (χ0n) is 9.66. The fourth-order valence-corrected chi connectivity index (χ4v) is 1.51. The van der Waals surface area contributed by atoms with E-state index in [0.717, 1.165) is 38.2 Å². The summed E-state index contributed by atoms with van der Waals surface area (Å²) in [7, 11) is 1.71. The number of ether oxygens (including phenoxy) is 2. The second kappa shape index (κ2) is 7.30. The van der Waals surface area contributed by atoms with Crippen LogP contribution in [0.25, 0.3) is 0 Å². The van der Waals surface area contributed by atoms with Gasteiger partial charge in [-0.15, -0.1) is 0 Å². The van der Waals surface area contributed by atoms with Crippen molar-refractivity contribution in [3.63, 3.8) is 0 Å². The Morgan fingerprint density at radius 2 is 1.93 bits per heavy atom. The van der Waals surface area contributed by atoms with Crippen molar-refractivity contribution in [1.82, 2.24) is 0 Å². The first-order chi connectivity index (χ1) is 7.38. The van der Waals surface area contributed by atoms with E-state index in [1.165, 1.54) is 5.56 Å². The monoisotopic (exact) mass is 208 g/mol. The minimum absolute atomic E-state index is 0.731. The first kappa shape index (κ1) is 12.1. The maximum atomic E-state index is 5.71. The lowest BCUT2D eigenvalue weighted by Crippen LogP contribution is -2.03. The number of benzene rings is 1. The van der Waals surface area contributed by atoms with E-state index in [0.29, 0.717) is 0 Å². The minimum atomic E-state index is 0.731. The first-order valence-electron chi connectivity index (χ1n) is 5.58. The van der Waals surface area contributed by atoms with Crippen LogP contribution in [0.2, 0.25) is 0 Å². The third-order valence-corrected chi connectivity index (χ3v) is 2.24. The van der Waals surface area contributed by atoms with Gasteiger partial charge in [0.1, 0.15) is 5.75 Å². The number of methoxy groups -OCH3 is 1. The minimum Gasteiger partial charge on any atom is -0.493 e. The molecule has 2 nitrogen and oxygen atoms in total. The molecule has 1 aromatic rings. The van der Waals surface area contributed by atoms with Crippen molar-refractivity contribution >= 4 is 0 Å². The van der Waals surface area contributed by atoms with Crippen LogP contribution in [0, 0.1) is 0 Å². The SMILES string of the molecule is CCCc1ccccc1OCCCOC. The molecule has 1 rings (SSSR count). The zero-order chi connectivity index (χ0) is 10.9. The van der Waals surface area contributed by atoms with Crippen LogP contribution in [0.4, 0.5) is 0 Å². The number of para-hydroxylation sites is 1. The molecule has 0 saturated heterocycles. The van der Waals surface area contributed by atoms with Gasteiger partial charge in [0, 0.05) is 20.1 Å². The Hall–Kier alpha value is -1.02. The third-order valence-electron chi connectivity index (χ3n) is 2.24. The molecule has 0 atom stereocenters. The number of hydrogen-bond donors (Lipinski definition) is 0. The number of rotatable bonds is 7. The summed E-state index contributed by atoms with van der Waals surface area (Å²) in [5, 5.41) is 0. The Morgan fingerprint density at radius 3 is 2.67 bits per heavy atom. The van der Waals surface area contributed by atoms with E-state index in [-0.39, 0.29) is 0 Å². The molecule has 2 heteroatoms. The summed E-state index contributed by atoms with van der Waals surface area (Å²) in [6, 6.07) is 8.25. The van der Waals surface area contributed by atoms with Crippen molar-refractivity contribution in [2.75, 3.05) is 20.3 Å². The van der Waals surface area contributed by atoms with Gasteiger partial charge >= 0.3 is 0 Å². The highest BCUT2D eigenvalue weighted by Gasteiger charge is 2.00. The van der Waals surface area contributed by atoms with Gasteiger partial charge in [0.15, 0.2) is 0 Å². The van der Waals surface area contributed by atoms with Gasteiger partial charge in [-0.05, 0) is 18.1 Å². The lowest BCUT2D eigenvalue weighted by Gasteiger charge is -2.10. The lowest BCUT2D eigenvalue weighted by atomic mass is 10.1. The fraction of sp³-hybridized carbons (Fsp3) is 0.538. The van der Waals surface area contributed by atoms with Crippen LogP contribution in [-0.4, -0.2) is 20.3 Å². The van der Waals surface area contributed by atoms with Crippen molar-refractivity contribution in [2.24, 2.45) is 0 Å². The molecule has 0 unspecified atom stereocenters. The standard InChI is InChI=1S/C13H20O2/c1-3-7-12-8-4-5-9-13(12)15-11-6-10-14-2/h4-5,8-9H,3,6-7,10-11H2,1-2H3. The highest BCUT2D eigenvalue weighted by Crippen LogP contribution is 2.19. The molecule has 0 amide bonds. The fourth-order valence-electron chi connectivity index (χ4n) is 1.51. The normalized spacial score (nSPS) is 10.3. The lowest BCUT2D eigenvalue weighted by molar-refractivity contribution is 0.172. The van der Waals surface area contributed by atoms with Crippen LogP contribution in [0.1, 0.15) is 25.3 Å². The quantitative estimate of drug-likeness (QED) is 0.641. The second-order valence-corrected chi connectivity index (χ2v) is 3.55. The molecular weight excluding hydrogens is 188 g/mol. The molecule has 0 saturated carbocycles. The molecule has 0 heterocycles. The second-order valence-electron chi connectivity index (χ2n) is 3.55. The Bertz CT molecular complexity index is 271. The number of aryl methyl sites for hydroxylation is 1. The third kappa shape index (κ3) is 4.34. The average molecular weight is 208 g/mol. The average Bonchev–Trinajstić information content (AvgIpc) is 2.27. The Morgan fingerprint density at radius 1 is 1.13 bits per heavy atom. The predicted octanol–water partition coefficient (Wildman–Crippen LogP) is 3.05. The molecule has 0 aromatic heterocycles. The van der Waals surface area contributed by atoms with Crippen LogP contribution in [0.15, 0.2) is 24.3 Å². The van der Waals surface area contributed by atoms with E-state index in [1.54, 1.807) is 7.11 Å². The van der Waals surface area contributed by atoms with Crippen molar-refractivity contribution in [3.8, 4) is 5.75 Å². The van der Waals surface area contributed by atoms with E-state index in [9.17, 15) is 0 Å². The summed E-state index contributed by atoms with van der Waals surface area (Å²) >= 11 is 0. The predicted molar refractivity (Wildman–Crippen MR) is 62.4 cm³/mol. The molecule has 0 aliphatic heterocycles. The van der Waals surface area contributed by atoms with E-state index < -0.39 is 0 Å². The molecule has 0 N–H and O–H groups in total. The Kier molecular flexibility index (Phi) is 5.86. The van der Waals surface area contributed by atoms with Crippen LogP contribution in [-0.2, 0) is 11.2 Å². The van der Waals surface area contributed by atoms with Crippen molar-refractivity contribution in [3.05, 3.63) is 29.8 Å². The molecule has 0 spiro atoms. The van der Waals surface area contributed by atoms with E-state index in [2.05, 4.69) is 19.1 Å². The van der Waals surface area contributed by atoms with Gasteiger partial charge in [-0.3, -0.25) is 0 Å². The topological polar surface area (TPSA) is 18.5 Å². The van der Waals surface area contributed by atoms with E-state index >= 15 is 0 Å². The molecule has 15 heavy (non-hydrogen) atoms. The van der Waals surface area contributed by atoms with Crippen LogP contribution in [0.5, 0.6) is 5.75 Å². The summed E-state index contributed by atoms with van der Waals surface area (Å²) in [6.45, 7) is 3.67. The van der Waals surface area contributed by atoms with Crippen LogP contribution < -0.4 is 4.74 Å². The van der Waals surface area contributed by atoms with E-state index in [4.69, 9.17) is 9.47 Å². The van der Waals surface area contributed by atoms with Gasteiger partial charge in [-0.2, -0.15) is 0 Å². The van der Waals surface area contributed by atoms with Gasteiger partial charge in [0.05, 0.1) is 6.61 Å². The van der Waals surface area contributed by atoms with Crippen LogP contribution >= 0.6 is 0 Å². The molecular formula is C13H20O2. The number of hydrogen-bond acceptors (Lipinski definition) is 2. The molecule has 0 aliphatic carbocycles. The molecule has 0 bridgehead atoms.